The van der Waals surface area contributed by atoms with Crippen molar-refractivity contribution >= 4 is 15.7 Å². The summed E-state index contributed by atoms with van der Waals surface area (Å²) in [5.41, 5.74) is 1.11. The monoisotopic (exact) mass is 337 g/mol. The summed E-state index contributed by atoms with van der Waals surface area (Å²) >= 11 is 0. The summed E-state index contributed by atoms with van der Waals surface area (Å²) < 4.78 is 24.1. The van der Waals surface area contributed by atoms with Crippen LogP contribution in [-0.4, -0.2) is 60.9 Å². The number of pyridine rings is 1. The number of carbonyl (C=O) groups excluding carboxylic acids is 1. The molecule has 0 unspecified atom stereocenters. The number of hydrogen-bond donors (Lipinski definition) is 1. The third-order valence-electron chi connectivity index (χ3n) is 4.62. The molecule has 0 saturated carbocycles. The number of aromatic nitrogens is 1. The smallest absolute Gasteiger partial charge is 0.270 e. The largest absolute Gasteiger partial charge is 0.345 e. The van der Waals surface area contributed by atoms with Crippen LogP contribution >= 0.6 is 0 Å². The van der Waals surface area contributed by atoms with E-state index in [1.54, 1.807) is 12.1 Å². The number of nitrogens with one attached hydrogen (secondary N) is 1. The first-order valence-electron chi connectivity index (χ1n) is 8.14. The van der Waals surface area contributed by atoms with Gasteiger partial charge >= 0.3 is 0 Å². The first-order valence-corrected chi connectivity index (χ1v) is 9.96. The molecule has 1 aromatic rings. The van der Waals surface area contributed by atoms with E-state index in [4.69, 9.17) is 0 Å². The summed E-state index contributed by atoms with van der Waals surface area (Å²) in [6, 6.07) is 4.79. The van der Waals surface area contributed by atoms with Gasteiger partial charge in [-0.1, -0.05) is 12.5 Å². The number of piperidine rings is 1. The number of hydrogen-bond acceptors (Lipinski definition) is 5. The van der Waals surface area contributed by atoms with Crippen molar-refractivity contribution in [3.05, 3.63) is 29.6 Å². The van der Waals surface area contributed by atoms with Crippen molar-refractivity contribution in [2.24, 2.45) is 0 Å². The molecule has 0 radical (unpaired) electrons. The number of aryl methyl sites for hydroxylation is 1. The molecule has 3 heterocycles. The molecule has 2 aliphatic rings. The molecule has 2 saturated heterocycles. The Morgan fingerprint density at radius 2 is 1.96 bits per heavy atom. The number of rotatable bonds is 3. The summed E-state index contributed by atoms with van der Waals surface area (Å²) in [6.07, 6.45) is 3.38. The van der Waals surface area contributed by atoms with Crippen LogP contribution in [0.25, 0.3) is 0 Å². The van der Waals surface area contributed by atoms with Crippen molar-refractivity contribution in [2.45, 2.75) is 38.3 Å². The number of nitrogens with zero attached hydrogens (tertiary/aromatic N) is 2. The molecule has 1 amide bonds. The lowest BCUT2D eigenvalue weighted by molar-refractivity contribution is 0.0895. The van der Waals surface area contributed by atoms with Gasteiger partial charge in [-0.25, -0.2) is 13.4 Å². The lowest BCUT2D eigenvalue weighted by Crippen LogP contribution is -2.52. The van der Waals surface area contributed by atoms with E-state index in [1.165, 1.54) is 6.42 Å². The highest BCUT2D eigenvalue weighted by Gasteiger charge is 2.42. The molecular formula is C16H23N3O3S. The van der Waals surface area contributed by atoms with Crippen LogP contribution in [0.4, 0.5) is 0 Å². The SMILES string of the molecule is Cc1cccc(C(=O)N[C@H]2CS(=O)(=O)C[C@H]2N2CCCCC2)n1. The predicted molar refractivity (Wildman–Crippen MR) is 88.1 cm³/mol. The van der Waals surface area contributed by atoms with Crippen LogP contribution in [0, 0.1) is 6.92 Å². The molecule has 2 fully saturated rings. The molecule has 126 valence electrons. The summed E-state index contributed by atoms with van der Waals surface area (Å²) in [5.74, 6) is -0.136. The van der Waals surface area contributed by atoms with E-state index in [9.17, 15) is 13.2 Å². The fourth-order valence-electron chi connectivity index (χ4n) is 3.49. The van der Waals surface area contributed by atoms with E-state index in [-0.39, 0.29) is 29.5 Å². The van der Waals surface area contributed by atoms with E-state index < -0.39 is 9.84 Å². The van der Waals surface area contributed by atoms with E-state index in [1.807, 2.05) is 13.0 Å². The Kier molecular flexibility index (Phi) is 4.68. The molecule has 1 N–H and O–H groups in total. The number of likely N-dealkylation sites (tertiary alicyclic amines) is 1. The predicted octanol–water partition coefficient (Wildman–Crippen LogP) is 0.771. The fourth-order valence-corrected chi connectivity index (χ4v) is 5.44. The van der Waals surface area contributed by atoms with Gasteiger partial charge in [-0.05, 0) is 45.0 Å². The second-order valence-corrected chi connectivity index (χ2v) is 8.64. The topological polar surface area (TPSA) is 79.4 Å². The van der Waals surface area contributed by atoms with Crippen LogP contribution < -0.4 is 5.32 Å². The molecule has 7 heteroatoms. The highest BCUT2D eigenvalue weighted by atomic mass is 32.2. The van der Waals surface area contributed by atoms with Crippen LogP contribution in [0.1, 0.15) is 35.4 Å². The van der Waals surface area contributed by atoms with Crippen molar-refractivity contribution in [1.82, 2.24) is 15.2 Å². The Balaban J connectivity index is 1.74. The zero-order valence-electron chi connectivity index (χ0n) is 13.4. The Hall–Kier alpha value is -1.47. The number of carbonyl (C=O) groups is 1. The van der Waals surface area contributed by atoms with Crippen LogP contribution in [0.2, 0.25) is 0 Å². The van der Waals surface area contributed by atoms with Gasteiger partial charge in [0.1, 0.15) is 5.69 Å². The Bertz CT molecular complexity index is 684. The van der Waals surface area contributed by atoms with Gasteiger partial charge in [-0.15, -0.1) is 0 Å². The van der Waals surface area contributed by atoms with Gasteiger partial charge in [0.25, 0.3) is 5.91 Å². The van der Waals surface area contributed by atoms with Crippen molar-refractivity contribution < 1.29 is 13.2 Å². The molecular weight excluding hydrogens is 314 g/mol. The van der Waals surface area contributed by atoms with E-state index in [2.05, 4.69) is 15.2 Å². The second-order valence-electron chi connectivity index (χ2n) is 6.49. The van der Waals surface area contributed by atoms with E-state index in [0.717, 1.165) is 31.6 Å². The Labute approximate surface area is 137 Å². The molecule has 6 nitrogen and oxygen atoms in total. The molecule has 1 aromatic heterocycles. The lowest BCUT2D eigenvalue weighted by Gasteiger charge is -2.34. The first-order chi connectivity index (χ1) is 10.9. The maximum Gasteiger partial charge on any atom is 0.270 e. The van der Waals surface area contributed by atoms with Gasteiger partial charge in [0.2, 0.25) is 0 Å². The van der Waals surface area contributed by atoms with Crippen LogP contribution in [0.5, 0.6) is 0 Å². The molecule has 0 bridgehead atoms. The number of amides is 1. The zero-order valence-corrected chi connectivity index (χ0v) is 14.2. The highest BCUT2D eigenvalue weighted by molar-refractivity contribution is 7.91. The maximum atomic E-state index is 12.4. The van der Waals surface area contributed by atoms with E-state index >= 15 is 0 Å². The quantitative estimate of drug-likeness (QED) is 0.881. The summed E-state index contributed by atoms with van der Waals surface area (Å²) in [4.78, 5) is 18.8. The molecule has 0 aliphatic carbocycles. The van der Waals surface area contributed by atoms with Crippen LogP contribution in [-0.2, 0) is 9.84 Å². The average Bonchev–Trinajstić information content (AvgIpc) is 2.83. The Morgan fingerprint density at radius 1 is 1.22 bits per heavy atom. The first kappa shape index (κ1) is 16.4. The van der Waals surface area contributed by atoms with Crippen LogP contribution in [0.3, 0.4) is 0 Å². The van der Waals surface area contributed by atoms with Gasteiger partial charge in [-0.3, -0.25) is 9.69 Å². The van der Waals surface area contributed by atoms with Crippen molar-refractivity contribution in [2.75, 3.05) is 24.6 Å². The fraction of sp³-hybridized carbons (Fsp3) is 0.625. The van der Waals surface area contributed by atoms with E-state index in [0.29, 0.717) is 5.69 Å². The maximum absolute atomic E-state index is 12.4. The van der Waals surface area contributed by atoms with Gasteiger partial charge in [0, 0.05) is 11.7 Å². The molecule has 0 aromatic carbocycles. The third kappa shape index (κ3) is 3.90. The molecule has 3 rings (SSSR count). The molecule has 2 atom stereocenters. The minimum atomic E-state index is -3.11. The summed E-state index contributed by atoms with van der Waals surface area (Å²) in [5, 5.41) is 2.90. The van der Waals surface area contributed by atoms with Gasteiger partial charge < -0.3 is 5.32 Å². The molecule has 23 heavy (non-hydrogen) atoms. The highest BCUT2D eigenvalue weighted by Crippen LogP contribution is 2.22. The van der Waals surface area contributed by atoms with Gasteiger partial charge in [0.15, 0.2) is 9.84 Å². The summed E-state index contributed by atoms with van der Waals surface area (Å²) in [7, 11) is -3.11. The van der Waals surface area contributed by atoms with Gasteiger partial charge in [-0.2, -0.15) is 0 Å². The Morgan fingerprint density at radius 3 is 2.65 bits per heavy atom. The molecule has 0 spiro atoms. The average molecular weight is 337 g/mol. The minimum Gasteiger partial charge on any atom is -0.345 e. The number of sulfone groups is 1. The zero-order chi connectivity index (χ0) is 16.4. The van der Waals surface area contributed by atoms with Crippen LogP contribution in [0.15, 0.2) is 18.2 Å². The van der Waals surface area contributed by atoms with Gasteiger partial charge in [0.05, 0.1) is 17.5 Å². The normalized spacial score (nSPS) is 27.7. The molecule has 2 aliphatic heterocycles. The standard InChI is InChI=1S/C16H23N3O3S/c1-12-6-5-7-13(17-12)16(20)18-14-10-23(21,22)11-15(14)19-8-3-2-4-9-19/h5-7,14-15H,2-4,8-11H2,1H3,(H,18,20)/t14-,15+/m0/s1. The lowest BCUT2D eigenvalue weighted by atomic mass is 10.0. The summed E-state index contributed by atoms with van der Waals surface area (Å²) in [6.45, 7) is 3.65. The second kappa shape index (κ2) is 6.57. The van der Waals surface area contributed by atoms with Crippen molar-refractivity contribution in [1.29, 1.82) is 0 Å². The minimum absolute atomic E-state index is 0.0196. The van der Waals surface area contributed by atoms with Crippen molar-refractivity contribution in [3.8, 4) is 0 Å². The third-order valence-corrected chi connectivity index (χ3v) is 6.34. The van der Waals surface area contributed by atoms with Crippen molar-refractivity contribution in [3.63, 3.8) is 0 Å².